The number of nitrogens with zero attached hydrogens (tertiary/aromatic N) is 1. The molecule has 1 heterocycles. The Labute approximate surface area is 160 Å². The molecule has 1 aliphatic rings. The molecule has 27 heavy (non-hydrogen) atoms. The highest BCUT2D eigenvalue weighted by Gasteiger charge is 2.21. The van der Waals surface area contributed by atoms with Gasteiger partial charge in [0.2, 0.25) is 5.91 Å². The van der Waals surface area contributed by atoms with Crippen LogP contribution in [0.15, 0.2) is 54.6 Å². The van der Waals surface area contributed by atoms with E-state index in [-0.39, 0.29) is 24.5 Å². The van der Waals surface area contributed by atoms with Crippen LogP contribution in [0, 0.1) is 0 Å². The Balaban J connectivity index is 1.44. The number of ether oxygens (including phenoxy) is 1. The van der Waals surface area contributed by atoms with Gasteiger partial charge in [-0.3, -0.25) is 9.59 Å². The van der Waals surface area contributed by atoms with E-state index in [1.807, 2.05) is 43.3 Å². The van der Waals surface area contributed by atoms with Gasteiger partial charge in [0.15, 0.2) is 6.61 Å². The summed E-state index contributed by atoms with van der Waals surface area (Å²) in [5.41, 5.74) is 2.09. The minimum Gasteiger partial charge on any atom is -0.484 e. The van der Waals surface area contributed by atoms with Crippen LogP contribution in [0.2, 0.25) is 0 Å². The van der Waals surface area contributed by atoms with Crippen molar-refractivity contribution in [1.82, 2.24) is 5.32 Å². The minimum absolute atomic E-state index is 0.0346. The summed E-state index contributed by atoms with van der Waals surface area (Å²) in [6.07, 6.45) is 3.28. The maximum Gasteiger partial charge on any atom is 0.258 e. The van der Waals surface area contributed by atoms with Crippen LogP contribution in [-0.2, 0) is 16.0 Å². The first-order valence-corrected chi connectivity index (χ1v) is 9.48. The molecular formula is C22H26N2O3. The van der Waals surface area contributed by atoms with Crippen molar-refractivity contribution in [2.24, 2.45) is 0 Å². The summed E-state index contributed by atoms with van der Waals surface area (Å²) in [6.45, 7) is 2.70. The van der Waals surface area contributed by atoms with Crippen LogP contribution in [-0.4, -0.2) is 31.0 Å². The van der Waals surface area contributed by atoms with Crippen molar-refractivity contribution in [1.29, 1.82) is 0 Å². The Morgan fingerprint density at radius 3 is 2.74 bits per heavy atom. The van der Waals surface area contributed by atoms with Crippen LogP contribution < -0.4 is 15.0 Å². The van der Waals surface area contributed by atoms with Gasteiger partial charge in [-0.15, -0.1) is 0 Å². The van der Waals surface area contributed by atoms with E-state index >= 15 is 0 Å². The summed E-state index contributed by atoms with van der Waals surface area (Å²) < 4.78 is 5.62. The SMILES string of the molecule is CC(CCc1ccccc1)NC(=O)COc1cccc(N2CCCC2=O)c1. The summed E-state index contributed by atoms with van der Waals surface area (Å²) in [7, 11) is 0. The van der Waals surface area contributed by atoms with E-state index in [4.69, 9.17) is 4.74 Å². The van der Waals surface area contributed by atoms with Gasteiger partial charge in [-0.25, -0.2) is 0 Å². The number of benzene rings is 2. The van der Waals surface area contributed by atoms with E-state index in [1.54, 1.807) is 11.0 Å². The molecule has 1 saturated heterocycles. The van der Waals surface area contributed by atoms with Gasteiger partial charge in [0, 0.05) is 30.8 Å². The van der Waals surface area contributed by atoms with Crippen molar-refractivity contribution < 1.29 is 14.3 Å². The van der Waals surface area contributed by atoms with Gasteiger partial charge in [0.05, 0.1) is 0 Å². The molecule has 0 aromatic heterocycles. The predicted molar refractivity (Wildman–Crippen MR) is 106 cm³/mol. The molecule has 0 bridgehead atoms. The highest BCUT2D eigenvalue weighted by molar-refractivity contribution is 5.95. The van der Waals surface area contributed by atoms with Crippen LogP contribution >= 0.6 is 0 Å². The average molecular weight is 366 g/mol. The molecule has 0 spiro atoms. The quantitative estimate of drug-likeness (QED) is 0.780. The monoisotopic (exact) mass is 366 g/mol. The lowest BCUT2D eigenvalue weighted by Crippen LogP contribution is -2.36. The van der Waals surface area contributed by atoms with Crippen molar-refractivity contribution >= 4 is 17.5 Å². The van der Waals surface area contributed by atoms with Crippen LogP contribution in [0.4, 0.5) is 5.69 Å². The molecule has 0 radical (unpaired) electrons. The Morgan fingerprint density at radius 2 is 2.00 bits per heavy atom. The van der Waals surface area contributed by atoms with E-state index in [2.05, 4.69) is 17.4 Å². The fourth-order valence-corrected chi connectivity index (χ4v) is 3.23. The number of anilines is 1. The molecule has 1 unspecified atom stereocenters. The lowest BCUT2D eigenvalue weighted by atomic mass is 10.1. The van der Waals surface area contributed by atoms with E-state index in [0.29, 0.717) is 12.2 Å². The number of nitrogens with one attached hydrogen (secondary N) is 1. The fraction of sp³-hybridized carbons (Fsp3) is 0.364. The van der Waals surface area contributed by atoms with Crippen LogP contribution in [0.3, 0.4) is 0 Å². The lowest BCUT2D eigenvalue weighted by Gasteiger charge is -2.17. The molecule has 2 amide bonds. The van der Waals surface area contributed by atoms with E-state index in [0.717, 1.165) is 31.5 Å². The second kappa shape index (κ2) is 9.21. The summed E-state index contributed by atoms with van der Waals surface area (Å²) >= 11 is 0. The number of amides is 2. The molecule has 1 N–H and O–H groups in total. The van der Waals surface area contributed by atoms with Gasteiger partial charge in [-0.2, -0.15) is 0 Å². The largest absolute Gasteiger partial charge is 0.484 e. The highest BCUT2D eigenvalue weighted by atomic mass is 16.5. The Bertz CT molecular complexity index is 776. The standard InChI is InChI=1S/C22H26N2O3/c1-17(12-13-18-7-3-2-4-8-18)23-21(25)16-27-20-10-5-9-19(15-20)24-14-6-11-22(24)26/h2-5,7-10,15,17H,6,11-14,16H2,1H3,(H,23,25). The Kier molecular flexibility index (Phi) is 6.47. The van der Waals surface area contributed by atoms with Gasteiger partial charge >= 0.3 is 0 Å². The molecule has 3 rings (SSSR count). The van der Waals surface area contributed by atoms with Crippen LogP contribution in [0.25, 0.3) is 0 Å². The third kappa shape index (κ3) is 5.58. The molecule has 5 nitrogen and oxygen atoms in total. The lowest BCUT2D eigenvalue weighted by molar-refractivity contribution is -0.123. The summed E-state index contributed by atoms with van der Waals surface area (Å²) in [6, 6.07) is 17.7. The van der Waals surface area contributed by atoms with Crippen molar-refractivity contribution in [3.63, 3.8) is 0 Å². The maximum atomic E-state index is 12.1. The molecule has 1 atom stereocenters. The van der Waals surface area contributed by atoms with E-state index in [1.165, 1.54) is 5.56 Å². The van der Waals surface area contributed by atoms with Crippen LogP contribution in [0.5, 0.6) is 5.75 Å². The van der Waals surface area contributed by atoms with Gasteiger partial charge < -0.3 is 15.0 Å². The van der Waals surface area contributed by atoms with Gasteiger partial charge in [-0.05, 0) is 43.9 Å². The van der Waals surface area contributed by atoms with Crippen molar-refractivity contribution in [3.05, 3.63) is 60.2 Å². The Morgan fingerprint density at radius 1 is 1.19 bits per heavy atom. The van der Waals surface area contributed by atoms with E-state index < -0.39 is 0 Å². The Hall–Kier alpha value is -2.82. The molecule has 142 valence electrons. The molecular weight excluding hydrogens is 340 g/mol. The van der Waals surface area contributed by atoms with Crippen molar-refractivity contribution in [2.45, 2.75) is 38.6 Å². The second-order valence-electron chi connectivity index (χ2n) is 6.93. The molecule has 2 aromatic rings. The number of hydrogen-bond donors (Lipinski definition) is 1. The first-order chi connectivity index (χ1) is 13.1. The first-order valence-electron chi connectivity index (χ1n) is 9.48. The van der Waals surface area contributed by atoms with Crippen LogP contribution in [0.1, 0.15) is 31.7 Å². The predicted octanol–water partition coefficient (Wildman–Crippen LogP) is 3.33. The number of hydrogen-bond acceptors (Lipinski definition) is 3. The molecule has 1 fully saturated rings. The third-order valence-electron chi connectivity index (χ3n) is 4.69. The zero-order valence-corrected chi connectivity index (χ0v) is 15.7. The summed E-state index contributed by atoms with van der Waals surface area (Å²) in [5.74, 6) is 0.592. The zero-order valence-electron chi connectivity index (χ0n) is 15.7. The topological polar surface area (TPSA) is 58.6 Å². The van der Waals surface area contributed by atoms with Gasteiger partial charge in [0.25, 0.3) is 5.91 Å². The first kappa shape index (κ1) is 19.0. The molecule has 2 aromatic carbocycles. The number of aryl methyl sites for hydroxylation is 1. The minimum atomic E-state index is -0.141. The van der Waals surface area contributed by atoms with Crippen molar-refractivity contribution in [2.75, 3.05) is 18.1 Å². The van der Waals surface area contributed by atoms with Crippen molar-refractivity contribution in [3.8, 4) is 5.75 Å². The average Bonchev–Trinajstić information content (AvgIpc) is 3.12. The molecule has 0 saturated carbocycles. The zero-order chi connectivity index (χ0) is 19.1. The maximum absolute atomic E-state index is 12.1. The van der Waals surface area contributed by atoms with E-state index in [9.17, 15) is 9.59 Å². The number of rotatable bonds is 8. The fourth-order valence-electron chi connectivity index (χ4n) is 3.23. The normalized spacial score (nSPS) is 14.9. The van der Waals surface area contributed by atoms with Gasteiger partial charge in [0.1, 0.15) is 5.75 Å². The summed E-state index contributed by atoms with van der Waals surface area (Å²) in [4.78, 5) is 25.8. The highest BCUT2D eigenvalue weighted by Crippen LogP contribution is 2.25. The molecule has 1 aliphatic heterocycles. The number of carbonyl (C=O) groups excluding carboxylic acids is 2. The molecule has 5 heteroatoms. The smallest absolute Gasteiger partial charge is 0.258 e. The number of carbonyl (C=O) groups is 2. The third-order valence-corrected chi connectivity index (χ3v) is 4.69. The summed E-state index contributed by atoms with van der Waals surface area (Å²) in [5, 5.41) is 2.97. The van der Waals surface area contributed by atoms with Gasteiger partial charge in [-0.1, -0.05) is 36.4 Å². The molecule has 0 aliphatic carbocycles. The second-order valence-corrected chi connectivity index (χ2v) is 6.93.